The highest BCUT2D eigenvalue weighted by atomic mass is 79.9. The van der Waals surface area contributed by atoms with E-state index in [4.69, 9.17) is 9.84 Å². The van der Waals surface area contributed by atoms with Crippen LogP contribution >= 0.6 is 43.2 Å². The van der Waals surface area contributed by atoms with E-state index in [1.54, 1.807) is 17.9 Å². The number of hydrogen-bond donors (Lipinski definition) is 1. The van der Waals surface area contributed by atoms with Crippen LogP contribution in [0.4, 0.5) is 0 Å². The second-order valence-electron chi connectivity index (χ2n) is 4.53. The molecule has 104 valence electrons. The Hall–Kier alpha value is -0.440. The number of ether oxygens (including phenoxy) is 1. The number of carboxylic acid groups (broad SMARTS) is 1. The molecule has 1 aliphatic heterocycles. The monoisotopic (exact) mass is 411 g/mol. The number of carbonyl (C=O) groups excluding carboxylic acids is 1. The number of rotatable bonds is 4. The van der Waals surface area contributed by atoms with Gasteiger partial charge in [-0.25, -0.2) is 4.79 Å². The summed E-state index contributed by atoms with van der Waals surface area (Å²) < 4.78 is 6.93. The number of carbonyl (C=O) groups is 2. The lowest BCUT2D eigenvalue weighted by molar-refractivity contribution is -0.159. The quantitative estimate of drug-likeness (QED) is 0.825. The molecule has 0 bridgehead atoms. The van der Waals surface area contributed by atoms with Crippen LogP contribution in [0.2, 0.25) is 0 Å². The van der Waals surface area contributed by atoms with Gasteiger partial charge in [0.1, 0.15) is 12.2 Å². The van der Waals surface area contributed by atoms with Crippen molar-refractivity contribution >= 4 is 55.1 Å². The van der Waals surface area contributed by atoms with Gasteiger partial charge in [-0.2, -0.15) is 0 Å². The van der Waals surface area contributed by atoms with Crippen molar-refractivity contribution in [1.29, 1.82) is 0 Å². The molecule has 1 saturated heterocycles. The molecule has 0 spiro atoms. The molecule has 1 aliphatic rings. The topological polar surface area (TPSA) is 66.8 Å². The fourth-order valence-electron chi connectivity index (χ4n) is 1.89. The summed E-state index contributed by atoms with van der Waals surface area (Å²) in [5.41, 5.74) is 0.0468. The minimum atomic E-state index is -1.00. The van der Waals surface area contributed by atoms with Crippen molar-refractivity contribution in [3.8, 4) is 0 Å². The van der Waals surface area contributed by atoms with Crippen molar-refractivity contribution in [2.45, 2.75) is 12.5 Å². The molecule has 0 saturated carbocycles. The molecule has 1 aromatic rings. The molecule has 1 fully saturated rings. The van der Waals surface area contributed by atoms with Crippen molar-refractivity contribution < 1.29 is 19.4 Å². The third kappa shape index (κ3) is 3.36. The summed E-state index contributed by atoms with van der Waals surface area (Å²) in [4.78, 5) is 24.3. The Kier molecular flexibility index (Phi) is 4.34. The number of carboxylic acids is 1. The maximum Gasteiger partial charge on any atom is 0.329 e. The van der Waals surface area contributed by atoms with Gasteiger partial charge in [0.05, 0.1) is 26.2 Å². The Morgan fingerprint density at radius 3 is 2.63 bits per heavy atom. The molecule has 0 atom stereocenters. The third-order valence-corrected chi connectivity index (χ3v) is 5.11. The first-order valence-corrected chi connectivity index (χ1v) is 7.81. The molecule has 0 radical (unpaired) electrons. The van der Waals surface area contributed by atoms with Crippen LogP contribution in [0.3, 0.4) is 0 Å². The van der Waals surface area contributed by atoms with Gasteiger partial charge in [-0.3, -0.25) is 4.79 Å². The highest BCUT2D eigenvalue weighted by Crippen LogP contribution is 2.34. The molecule has 8 heteroatoms. The van der Waals surface area contributed by atoms with Crippen LogP contribution in [0.1, 0.15) is 17.3 Å². The van der Waals surface area contributed by atoms with E-state index in [2.05, 4.69) is 31.9 Å². The average Bonchev–Trinajstić information content (AvgIpc) is 2.61. The summed E-state index contributed by atoms with van der Waals surface area (Å²) in [6.07, 6.45) is 0. The zero-order valence-corrected chi connectivity index (χ0v) is 14.0. The van der Waals surface area contributed by atoms with Crippen LogP contribution < -0.4 is 0 Å². The highest BCUT2D eigenvalue weighted by Gasteiger charge is 2.43. The number of nitrogens with zero attached hydrogens (tertiary/aromatic N) is 1. The van der Waals surface area contributed by atoms with Crippen LogP contribution in [0.25, 0.3) is 0 Å². The number of hydrogen-bond acceptors (Lipinski definition) is 4. The number of halogens is 2. The molecule has 2 heterocycles. The van der Waals surface area contributed by atoms with Crippen LogP contribution in [-0.2, 0) is 9.53 Å². The molecule has 0 aromatic carbocycles. The minimum absolute atomic E-state index is 0.0785. The number of likely N-dealkylation sites (tertiary alicyclic amines) is 1. The van der Waals surface area contributed by atoms with E-state index in [9.17, 15) is 9.59 Å². The molecule has 1 aromatic heterocycles. The Labute approximate surface area is 130 Å². The fourth-order valence-corrected chi connectivity index (χ4v) is 4.67. The second kappa shape index (κ2) is 5.51. The normalized spacial score (nSPS) is 17.1. The smallest absolute Gasteiger partial charge is 0.329 e. The van der Waals surface area contributed by atoms with Crippen molar-refractivity contribution in [2.24, 2.45) is 0 Å². The summed E-state index contributed by atoms with van der Waals surface area (Å²) in [7, 11) is 0. The van der Waals surface area contributed by atoms with Gasteiger partial charge in [-0.05, 0) is 44.8 Å². The van der Waals surface area contributed by atoms with E-state index in [1.165, 1.54) is 11.3 Å². The molecular formula is C11H11Br2NO4S. The van der Waals surface area contributed by atoms with Crippen molar-refractivity contribution in [3.63, 3.8) is 0 Å². The summed E-state index contributed by atoms with van der Waals surface area (Å²) in [5.74, 6) is -1.08. The first kappa shape index (κ1) is 15.0. The highest BCUT2D eigenvalue weighted by molar-refractivity contribution is 9.12. The van der Waals surface area contributed by atoms with E-state index < -0.39 is 11.6 Å². The van der Waals surface area contributed by atoms with Gasteiger partial charge >= 0.3 is 5.97 Å². The summed E-state index contributed by atoms with van der Waals surface area (Å²) in [5, 5.41) is 8.57. The van der Waals surface area contributed by atoms with Crippen molar-refractivity contribution in [2.75, 3.05) is 19.7 Å². The maximum atomic E-state index is 12.2. The van der Waals surface area contributed by atoms with Crippen molar-refractivity contribution in [1.82, 2.24) is 4.90 Å². The standard InChI is InChI=1S/C11H11Br2NO4S/c1-11(18-3-8(15)16)4-14(5-11)10(17)6-2-7(12)19-9(6)13/h2H,3-5H2,1H3,(H,15,16). The van der Waals surface area contributed by atoms with Gasteiger partial charge in [-0.15, -0.1) is 11.3 Å². The number of aliphatic carboxylic acids is 1. The SMILES string of the molecule is CC1(OCC(=O)O)CN(C(=O)c2cc(Br)sc2Br)C1. The molecule has 2 rings (SSSR count). The lowest BCUT2D eigenvalue weighted by Crippen LogP contribution is -2.63. The van der Waals surface area contributed by atoms with Gasteiger partial charge in [0.25, 0.3) is 5.91 Å². The number of thiophene rings is 1. The van der Waals surface area contributed by atoms with Crippen LogP contribution in [0.5, 0.6) is 0 Å². The Morgan fingerprint density at radius 2 is 2.16 bits per heavy atom. The first-order valence-electron chi connectivity index (χ1n) is 5.40. The van der Waals surface area contributed by atoms with Crippen LogP contribution in [0.15, 0.2) is 13.6 Å². The molecule has 0 unspecified atom stereocenters. The predicted octanol–water partition coefficient (Wildman–Crippen LogP) is 2.59. The number of amides is 1. The summed E-state index contributed by atoms with van der Waals surface area (Å²) >= 11 is 8.12. The maximum absolute atomic E-state index is 12.2. The lowest BCUT2D eigenvalue weighted by Gasteiger charge is -2.47. The Bertz CT molecular complexity index is 525. The van der Waals surface area contributed by atoms with Gasteiger partial charge in [0.15, 0.2) is 0 Å². The molecule has 1 amide bonds. The van der Waals surface area contributed by atoms with Crippen LogP contribution in [-0.4, -0.2) is 47.2 Å². The lowest BCUT2D eigenvalue weighted by atomic mass is 9.95. The minimum Gasteiger partial charge on any atom is -0.480 e. The third-order valence-electron chi connectivity index (χ3n) is 2.77. The second-order valence-corrected chi connectivity index (χ2v) is 8.28. The van der Waals surface area contributed by atoms with Gasteiger partial charge in [0, 0.05) is 0 Å². The van der Waals surface area contributed by atoms with E-state index in [0.717, 1.165) is 7.57 Å². The van der Waals surface area contributed by atoms with Crippen molar-refractivity contribution in [3.05, 3.63) is 19.2 Å². The molecule has 5 nitrogen and oxygen atoms in total. The van der Waals surface area contributed by atoms with Gasteiger partial charge in [0.2, 0.25) is 0 Å². The fraction of sp³-hybridized carbons (Fsp3) is 0.455. The summed E-state index contributed by atoms with van der Waals surface area (Å²) in [6, 6.07) is 1.77. The molecule has 1 N–H and O–H groups in total. The van der Waals surface area contributed by atoms with Crippen LogP contribution in [0, 0.1) is 0 Å². The van der Waals surface area contributed by atoms with Gasteiger partial charge < -0.3 is 14.7 Å². The predicted molar refractivity (Wildman–Crippen MR) is 77.6 cm³/mol. The van der Waals surface area contributed by atoms with E-state index >= 15 is 0 Å². The first-order chi connectivity index (χ1) is 8.81. The molecule has 19 heavy (non-hydrogen) atoms. The zero-order valence-electron chi connectivity index (χ0n) is 9.98. The Balaban J connectivity index is 1.95. The molecule has 0 aliphatic carbocycles. The average molecular weight is 413 g/mol. The summed E-state index contributed by atoms with van der Waals surface area (Å²) in [6.45, 7) is 2.27. The van der Waals surface area contributed by atoms with E-state index in [1.807, 2.05) is 0 Å². The Morgan fingerprint density at radius 1 is 1.53 bits per heavy atom. The van der Waals surface area contributed by atoms with Gasteiger partial charge in [-0.1, -0.05) is 0 Å². The van der Waals surface area contributed by atoms with E-state index in [-0.39, 0.29) is 12.5 Å². The largest absolute Gasteiger partial charge is 0.480 e. The molecular weight excluding hydrogens is 402 g/mol. The zero-order chi connectivity index (χ0) is 14.2. The van der Waals surface area contributed by atoms with E-state index in [0.29, 0.717) is 18.7 Å².